The molecule has 1 N–H and O–H groups in total. The fourth-order valence-electron chi connectivity index (χ4n) is 2.58. The maximum atomic E-state index is 5.43. The minimum absolute atomic E-state index is 0.677. The minimum Gasteiger partial charge on any atom is -0.382 e. The Balaban J connectivity index is 1.56. The van der Waals surface area contributed by atoms with E-state index in [0.29, 0.717) is 13.2 Å². The van der Waals surface area contributed by atoms with Crippen LogP contribution in [0.3, 0.4) is 0 Å². The molecule has 1 saturated heterocycles. The van der Waals surface area contributed by atoms with E-state index in [2.05, 4.69) is 34.5 Å². The largest absolute Gasteiger partial charge is 0.382 e. The molecule has 4 heteroatoms. The number of nitrogens with one attached hydrogen (secondary N) is 1. The van der Waals surface area contributed by atoms with Crippen molar-refractivity contribution in [1.82, 2.24) is 5.32 Å². The highest BCUT2D eigenvalue weighted by Gasteiger charge is 2.11. The first-order valence-corrected chi connectivity index (χ1v) is 8.01. The van der Waals surface area contributed by atoms with Crippen LogP contribution in [0.4, 0.5) is 5.69 Å². The molecule has 1 aliphatic rings. The summed E-state index contributed by atoms with van der Waals surface area (Å²) in [6.07, 6.45) is 3.70. The molecule has 0 unspecified atom stereocenters. The standard InChI is InChI=1S/C17H28N2O2/c1-20-13-14-21-12-4-9-18-15-16-5-7-17(8-6-16)19-10-2-3-11-19/h5-8,18H,2-4,9-15H2,1H3. The van der Waals surface area contributed by atoms with Gasteiger partial charge in [-0.05, 0) is 43.5 Å². The van der Waals surface area contributed by atoms with Crippen molar-refractivity contribution in [3.05, 3.63) is 29.8 Å². The monoisotopic (exact) mass is 292 g/mol. The molecule has 0 aliphatic carbocycles. The van der Waals surface area contributed by atoms with Gasteiger partial charge in [0.05, 0.1) is 13.2 Å². The molecular formula is C17H28N2O2. The predicted octanol–water partition coefficient (Wildman–Crippen LogP) is 2.43. The predicted molar refractivity (Wildman–Crippen MR) is 86.9 cm³/mol. The van der Waals surface area contributed by atoms with Crippen LogP contribution >= 0.6 is 0 Å². The van der Waals surface area contributed by atoms with Gasteiger partial charge in [-0.3, -0.25) is 0 Å². The second-order valence-electron chi connectivity index (χ2n) is 5.50. The van der Waals surface area contributed by atoms with E-state index < -0.39 is 0 Å². The van der Waals surface area contributed by atoms with Crippen LogP contribution in [0.15, 0.2) is 24.3 Å². The number of nitrogens with zero attached hydrogens (tertiary/aromatic N) is 1. The summed E-state index contributed by atoms with van der Waals surface area (Å²) >= 11 is 0. The van der Waals surface area contributed by atoms with Crippen molar-refractivity contribution in [2.24, 2.45) is 0 Å². The maximum absolute atomic E-state index is 5.43. The summed E-state index contributed by atoms with van der Waals surface area (Å²) in [5.74, 6) is 0. The average Bonchev–Trinajstić information content (AvgIpc) is 3.05. The third-order valence-electron chi connectivity index (χ3n) is 3.81. The Kier molecular flexibility index (Phi) is 7.57. The SMILES string of the molecule is COCCOCCCNCc1ccc(N2CCCC2)cc1. The van der Waals surface area contributed by atoms with Crippen molar-refractivity contribution < 1.29 is 9.47 Å². The van der Waals surface area contributed by atoms with Gasteiger partial charge in [0.15, 0.2) is 0 Å². The third kappa shape index (κ3) is 6.04. The van der Waals surface area contributed by atoms with E-state index in [1.54, 1.807) is 7.11 Å². The zero-order chi connectivity index (χ0) is 14.8. The maximum Gasteiger partial charge on any atom is 0.0700 e. The number of anilines is 1. The van der Waals surface area contributed by atoms with Gasteiger partial charge in [0.1, 0.15) is 0 Å². The number of benzene rings is 1. The molecule has 4 nitrogen and oxygen atoms in total. The van der Waals surface area contributed by atoms with Crippen LogP contribution in [-0.4, -0.2) is 46.6 Å². The smallest absolute Gasteiger partial charge is 0.0700 e. The highest BCUT2D eigenvalue weighted by Crippen LogP contribution is 2.20. The van der Waals surface area contributed by atoms with Crippen LogP contribution < -0.4 is 10.2 Å². The highest BCUT2D eigenvalue weighted by atomic mass is 16.5. The number of rotatable bonds is 10. The van der Waals surface area contributed by atoms with Gasteiger partial charge in [-0.2, -0.15) is 0 Å². The van der Waals surface area contributed by atoms with Gasteiger partial charge in [-0.1, -0.05) is 12.1 Å². The fourth-order valence-corrected chi connectivity index (χ4v) is 2.58. The normalized spacial score (nSPS) is 14.8. The van der Waals surface area contributed by atoms with Gasteiger partial charge in [-0.25, -0.2) is 0 Å². The summed E-state index contributed by atoms with van der Waals surface area (Å²) in [5.41, 5.74) is 2.71. The van der Waals surface area contributed by atoms with Gasteiger partial charge in [0.25, 0.3) is 0 Å². The van der Waals surface area contributed by atoms with Gasteiger partial charge in [0, 0.05) is 39.0 Å². The molecule has 0 atom stereocenters. The Labute approximate surface area is 128 Å². The first-order valence-electron chi connectivity index (χ1n) is 8.01. The van der Waals surface area contributed by atoms with Gasteiger partial charge in [-0.15, -0.1) is 0 Å². The highest BCUT2D eigenvalue weighted by molar-refractivity contribution is 5.48. The molecule has 1 aromatic carbocycles. The summed E-state index contributed by atoms with van der Waals surface area (Å²) in [7, 11) is 1.69. The van der Waals surface area contributed by atoms with Crippen LogP contribution in [0.1, 0.15) is 24.8 Å². The summed E-state index contributed by atoms with van der Waals surface area (Å²) in [5, 5.41) is 3.46. The van der Waals surface area contributed by atoms with Crippen molar-refractivity contribution in [3.63, 3.8) is 0 Å². The van der Waals surface area contributed by atoms with Gasteiger partial charge in [0.2, 0.25) is 0 Å². The van der Waals surface area contributed by atoms with Crippen LogP contribution in [0.25, 0.3) is 0 Å². The molecule has 0 aromatic heterocycles. The van der Waals surface area contributed by atoms with Crippen LogP contribution in [0, 0.1) is 0 Å². The van der Waals surface area contributed by atoms with E-state index in [4.69, 9.17) is 9.47 Å². The first-order chi connectivity index (χ1) is 10.4. The van der Waals surface area contributed by atoms with Crippen molar-refractivity contribution in [3.8, 4) is 0 Å². The van der Waals surface area contributed by atoms with Crippen molar-refractivity contribution in [2.45, 2.75) is 25.8 Å². The van der Waals surface area contributed by atoms with E-state index in [0.717, 1.165) is 26.1 Å². The molecule has 1 aromatic rings. The second kappa shape index (κ2) is 9.77. The quantitative estimate of drug-likeness (QED) is 0.672. The Bertz CT molecular complexity index is 375. The summed E-state index contributed by atoms with van der Waals surface area (Å²) in [6.45, 7) is 6.50. The molecule has 1 fully saturated rings. The molecule has 118 valence electrons. The van der Waals surface area contributed by atoms with E-state index in [1.807, 2.05) is 0 Å². The molecule has 21 heavy (non-hydrogen) atoms. The summed E-state index contributed by atoms with van der Waals surface area (Å²) in [6, 6.07) is 8.96. The van der Waals surface area contributed by atoms with E-state index in [-0.39, 0.29) is 0 Å². The Morgan fingerprint density at radius 1 is 1.05 bits per heavy atom. The molecular weight excluding hydrogens is 264 g/mol. The van der Waals surface area contributed by atoms with Crippen LogP contribution in [0.5, 0.6) is 0 Å². The molecule has 0 spiro atoms. The van der Waals surface area contributed by atoms with E-state index >= 15 is 0 Å². The van der Waals surface area contributed by atoms with E-state index in [1.165, 1.54) is 37.2 Å². The number of methoxy groups -OCH3 is 1. The molecule has 0 saturated carbocycles. The second-order valence-corrected chi connectivity index (χ2v) is 5.50. The zero-order valence-corrected chi connectivity index (χ0v) is 13.1. The summed E-state index contributed by atoms with van der Waals surface area (Å²) < 4.78 is 10.4. The number of hydrogen-bond acceptors (Lipinski definition) is 4. The molecule has 2 rings (SSSR count). The Morgan fingerprint density at radius 2 is 1.81 bits per heavy atom. The molecule has 1 aliphatic heterocycles. The lowest BCUT2D eigenvalue weighted by molar-refractivity contribution is 0.0695. The van der Waals surface area contributed by atoms with Crippen LogP contribution in [0.2, 0.25) is 0 Å². The number of ether oxygens (including phenoxy) is 2. The molecule has 1 heterocycles. The Morgan fingerprint density at radius 3 is 2.52 bits per heavy atom. The zero-order valence-electron chi connectivity index (χ0n) is 13.1. The lowest BCUT2D eigenvalue weighted by atomic mass is 10.2. The molecule has 0 bridgehead atoms. The lowest BCUT2D eigenvalue weighted by Crippen LogP contribution is -2.18. The fraction of sp³-hybridized carbons (Fsp3) is 0.647. The van der Waals surface area contributed by atoms with Crippen molar-refractivity contribution >= 4 is 5.69 Å². The Hall–Kier alpha value is -1.10. The molecule has 0 radical (unpaired) electrons. The van der Waals surface area contributed by atoms with Gasteiger partial charge < -0.3 is 19.7 Å². The minimum atomic E-state index is 0.677. The van der Waals surface area contributed by atoms with Gasteiger partial charge >= 0.3 is 0 Å². The number of hydrogen-bond donors (Lipinski definition) is 1. The molecule has 0 amide bonds. The average molecular weight is 292 g/mol. The van der Waals surface area contributed by atoms with E-state index in [9.17, 15) is 0 Å². The van der Waals surface area contributed by atoms with Crippen molar-refractivity contribution in [1.29, 1.82) is 0 Å². The topological polar surface area (TPSA) is 33.7 Å². The lowest BCUT2D eigenvalue weighted by Gasteiger charge is -2.17. The van der Waals surface area contributed by atoms with Crippen LogP contribution in [-0.2, 0) is 16.0 Å². The summed E-state index contributed by atoms with van der Waals surface area (Å²) in [4.78, 5) is 2.47. The van der Waals surface area contributed by atoms with Crippen molar-refractivity contribution in [2.75, 3.05) is 51.5 Å². The third-order valence-corrected chi connectivity index (χ3v) is 3.81. The first kappa shape index (κ1) is 16.3.